The van der Waals surface area contributed by atoms with Crippen molar-refractivity contribution in [2.24, 2.45) is 16.6 Å². The lowest BCUT2D eigenvalue weighted by atomic mass is 9.86. The van der Waals surface area contributed by atoms with E-state index in [0.717, 1.165) is 11.9 Å². The van der Waals surface area contributed by atoms with Crippen LogP contribution in [0.3, 0.4) is 0 Å². The van der Waals surface area contributed by atoms with Gasteiger partial charge >= 0.3 is 5.97 Å². The summed E-state index contributed by atoms with van der Waals surface area (Å²) in [4.78, 5) is 79.0. The Morgan fingerprint density at radius 3 is 2.19 bits per heavy atom. The number of carbonyl (C=O) groups is 5. The Bertz CT molecular complexity index is 2730. The summed E-state index contributed by atoms with van der Waals surface area (Å²) in [7, 11) is -3.39. The normalized spacial score (nSPS) is 16.8. The van der Waals surface area contributed by atoms with Crippen molar-refractivity contribution in [1.29, 1.82) is 0 Å². The van der Waals surface area contributed by atoms with Crippen LogP contribution in [0.5, 0.6) is 17.2 Å². The number of phenols is 1. The fourth-order valence-corrected chi connectivity index (χ4v) is 7.88. The predicted molar refractivity (Wildman–Crippen MR) is 256 cm³/mol. The molecule has 0 fully saturated rings. The summed E-state index contributed by atoms with van der Waals surface area (Å²) in [6.45, 7) is 8.10. The number of amides is 4. The summed E-state index contributed by atoms with van der Waals surface area (Å²) in [5.74, 6) is -7.15. The first-order valence-electron chi connectivity index (χ1n) is 22.1. The van der Waals surface area contributed by atoms with E-state index in [1.165, 1.54) is 44.2 Å². The number of anilines is 1. The Labute approximate surface area is 404 Å². The zero-order valence-electron chi connectivity index (χ0n) is 39.6. The van der Waals surface area contributed by atoms with Gasteiger partial charge in [-0.25, -0.2) is 24.3 Å². The number of benzene rings is 3. The number of carboxylic acids is 1. The minimum atomic E-state index is -4.54. The number of carboxylic acid groups (broad SMARTS) is 1. The van der Waals surface area contributed by atoms with Gasteiger partial charge in [-0.05, 0) is 98.3 Å². The van der Waals surface area contributed by atoms with Crippen molar-refractivity contribution < 1.29 is 56.5 Å². The molecule has 1 aliphatic heterocycles. The number of hydrogen-bond donors (Lipinski definition) is 10. The molecule has 3 aromatic carbocycles. The minimum absolute atomic E-state index is 0.00434. The average molecular weight is 994 g/mol. The third-order valence-corrected chi connectivity index (χ3v) is 11.8. The van der Waals surface area contributed by atoms with E-state index in [1.807, 2.05) is 25.5 Å². The first kappa shape index (κ1) is 54.0. The molecule has 4 atom stereocenters. The molecule has 14 N–H and O–H groups in total. The second-order valence-electron chi connectivity index (χ2n) is 17.7. The Morgan fingerprint density at radius 1 is 0.943 bits per heavy atom. The topological polar surface area (TPSA) is 360 Å². The zero-order valence-corrected chi connectivity index (χ0v) is 40.4. The van der Waals surface area contributed by atoms with Gasteiger partial charge in [-0.2, -0.15) is 13.1 Å². The molecule has 0 unspecified atom stereocenters. The number of aryl methyl sites for hydroxylation is 1. The van der Waals surface area contributed by atoms with Gasteiger partial charge in [0.15, 0.2) is 17.3 Å². The first-order chi connectivity index (χ1) is 32.8. The Morgan fingerprint density at radius 2 is 1.60 bits per heavy atom. The largest absolute Gasteiger partial charge is 0.504 e. The van der Waals surface area contributed by atoms with Gasteiger partial charge in [0.25, 0.3) is 16.1 Å². The van der Waals surface area contributed by atoms with E-state index in [2.05, 4.69) is 25.9 Å². The number of fused-ring (bicyclic) bond motifs is 5. The Kier molecular flexibility index (Phi) is 17.4. The summed E-state index contributed by atoms with van der Waals surface area (Å²) in [6.07, 6.45) is 0.518. The van der Waals surface area contributed by atoms with Crippen molar-refractivity contribution in [2.75, 3.05) is 45.6 Å². The number of nitrogens with one attached hydrogen (secondary N) is 4. The molecule has 1 aliphatic rings. The molecule has 0 radical (unpaired) electrons. The molecule has 2 heterocycles. The number of hydrogen-bond acceptors (Lipinski definition) is 15. The summed E-state index contributed by atoms with van der Waals surface area (Å²) < 4.78 is 54.0. The van der Waals surface area contributed by atoms with Crippen LogP contribution in [0.25, 0.3) is 22.5 Å². The number of aromatic hydroxyl groups is 1. The molecule has 1 aromatic heterocycles. The zero-order chi connectivity index (χ0) is 51.8. The highest BCUT2D eigenvalue weighted by molar-refractivity contribution is 7.87. The number of rotatable bonds is 17. The standard InChI is InChI=1S/C46H60FN11O11S/c1-23-36(39(50)57-40(53-23)28-11-10-27(21-31(28)47)46(3,4)5)42(61)56-33(22-52-70(51,66)67)44(63)58(6)37-26-19-30(38(59)35(20-26)69-16-8-14-49)29-17-25(9-12-34(29)68-15-7-13-48)18-32(45(64)65)55-41(60)24(2)54-43(37)62/h9-12,17,19-21,24,32-33,37,52,59H,7-8,13-16,18,22,48-49H2,1-6H3,(H,54,62)(H,55,60)(H,56,61)(H,64,65)(H2,50,53,57)(H2,51,66,67)/t24-,32-,33-,37-/m0/s1. The quantitative estimate of drug-likeness (QED) is 0.0660. The van der Waals surface area contributed by atoms with Gasteiger partial charge in [0, 0.05) is 31.1 Å². The van der Waals surface area contributed by atoms with Crippen LogP contribution in [-0.4, -0.2) is 121 Å². The average Bonchev–Trinajstić information content (AvgIpc) is 3.27. The molecule has 5 rings (SSSR count). The number of nitrogen functional groups attached to an aromatic ring is 1. The van der Waals surface area contributed by atoms with Crippen LogP contribution in [0.4, 0.5) is 10.2 Å². The molecule has 378 valence electrons. The van der Waals surface area contributed by atoms with E-state index in [4.69, 9.17) is 31.8 Å². The maximum absolute atomic E-state index is 15.4. The molecular weight excluding hydrogens is 934 g/mol. The Hall–Kier alpha value is -6.99. The van der Waals surface area contributed by atoms with Gasteiger partial charge in [-0.15, -0.1) is 0 Å². The second-order valence-corrected chi connectivity index (χ2v) is 19.0. The smallest absolute Gasteiger partial charge is 0.326 e. The SMILES string of the molecule is Cc1nc(-c2ccc(C(C)(C)C)cc2F)nc(N)c1C(=O)N[C@@H](CNS(N)(=O)=O)C(=O)N(C)[C@@H]1C(=O)N[C@@H](C)C(=O)N[C@H](C(=O)O)Cc2ccc(OCCCN)c(c2)-c2cc1cc(OCCCN)c2O. The number of nitrogens with two attached hydrogens (primary N) is 4. The van der Waals surface area contributed by atoms with Crippen LogP contribution in [0, 0.1) is 12.7 Å². The highest BCUT2D eigenvalue weighted by Crippen LogP contribution is 2.45. The lowest BCUT2D eigenvalue weighted by Crippen LogP contribution is -2.57. The van der Waals surface area contributed by atoms with Crippen molar-refractivity contribution in [3.8, 4) is 39.8 Å². The Balaban J connectivity index is 1.65. The van der Waals surface area contributed by atoms with Gasteiger partial charge in [-0.1, -0.05) is 32.9 Å². The van der Waals surface area contributed by atoms with Crippen molar-refractivity contribution in [1.82, 2.24) is 35.5 Å². The van der Waals surface area contributed by atoms with Gasteiger partial charge in [0.1, 0.15) is 47.1 Å². The van der Waals surface area contributed by atoms with E-state index in [1.54, 1.807) is 18.2 Å². The van der Waals surface area contributed by atoms with E-state index in [9.17, 15) is 42.6 Å². The van der Waals surface area contributed by atoms with Crippen molar-refractivity contribution in [2.45, 2.75) is 83.5 Å². The van der Waals surface area contributed by atoms with Gasteiger partial charge in [0.2, 0.25) is 17.7 Å². The van der Waals surface area contributed by atoms with Gasteiger partial charge in [0.05, 0.1) is 24.5 Å². The molecular formula is C46H60FN11O11S. The lowest BCUT2D eigenvalue weighted by Gasteiger charge is -2.33. The molecule has 0 aliphatic carbocycles. The molecule has 22 nitrogen and oxygen atoms in total. The van der Waals surface area contributed by atoms with Crippen LogP contribution in [0.2, 0.25) is 0 Å². The van der Waals surface area contributed by atoms with Crippen LogP contribution in [-0.2, 0) is 41.2 Å². The lowest BCUT2D eigenvalue weighted by molar-refractivity contribution is -0.143. The van der Waals surface area contributed by atoms with E-state index in [0.29, 0.717) is 24.0 Å². The molecule has 0 saturated carbocycles. The number of halogens is 1. The second kappa shape index (κ2) is 22.6. The number of ether oxygens (including phenoxy) is 2. The summed E-state index contributed by atoms with van der Waals surface area (Å²) in [5.41, 5.74) is 18.2. The van der Waals surface area contributed by atoms with Crippen LogP contribution < -0.4 is 52.5 Å². The number of likely N-dealkylation sites (N-methyl/N-ethyl adjacent to an activating group) is 1. The van der Waals surface area contributed by atoms with E-state index >= 15 is 4.39 Å². The molecule has 0 spiro atoms. The van der Waals surface area contributed by atoms with E-state index < -0.39 is 87.9 Å². The maximum Gasteiger partial charge on any atom is 0.326 e. The summed E-state index contributed by atoms with van der Waals surface area (Å²) >= 11 is 0. The molecule has 24 heteroatoms. The minimum Gasteiger partial charge on any atom is -0.504 e. The third-order valence-electron chi connectivity index (χ3n) is 11.3. The maximum atomic E-state index is 15.4. The molecule has 70 heavy (non-hydrogen) atoms. The van der Waals surface area contributed by atoms with Crippen molar-refractivity contribution in [3.63, 3.8) is 0 Å². The number of aliphatic carboxylic acids is 1. The highest BCUT2D eigenvalue weighted by Gasteiger charge is 2.38. The summed E-state index contributed by atoms with van der Waals surface area (Å²) in [6, 6.07) is 5.24. The van der Waals surface area contributed by atoms with Crippen LogP contribution in [0.1, 0.15) is 79.3 Å². The van der Waals surface area contributed by atoms with Crippen molar-refractivity contribution >= 4 is 45.6 Å². The number of phenolic OH excluding ortho intramolecular Hbond substituents is 1. The molecule has 4 bridgehead atoms. The molecule has 4 aromatic rings. The molecule has 0 saturated heterocycles. The fourth-order valence-electron chi connectivity index (χ4n) is 7.48. The molecule has 4 amide bonds. The third kappa shape index (κ3) is 13.2. The highest BCUT2D eigenvalue weighted by atomic mass is 32.2. The van der Waals surface area contributed by atoms with Crippen molar-refractivity contribution in [3.05, 3.63) is 82.3 Å². The predicted octanol–water partition coefficient (Wildman–Crippen LogP) is 1.02. The van der Waals surface area contributed by atoms with E-state index in [-0.39, 0.29) is 89.0 Å². The summed E-state index contributed by atoms with van der Waals surface area (Å²) in [5, 5.41) is 34.7. The van der Waals surface area contributed by atoms with Gasteiger partial charge < -0.3 is 57.7 Å². The monoisotopic (exact) mass is 993 g/mol. The number of aromatic nitrogens is 2. The number of nitrogens with zero attached hydrogens (tertiary/aromatic N) is 3. The van der Waals surface area contributed by atoms with Crippen LogP contribution >= 0.6 is 0 Å². The first-order valence-corrected chi connectivity index (χ1v) is 23.7. The fraction of sp³-hybridized carbons (Fsp3) is 0.413. The number of carbonyl (C=O) groups excluding carboxylic acids is 4. The van der Waals surface area contributed by atoms with Crippen LogP contribution in [0.15, 0.2) is 48.5 Å². The van der Waals surface area contributed by atoms with Gasteiger partial charge in [-0.3, -0.25) is 19.2 Å².